The van der Waals surface area contributed by atoms with Crippen molar-refractivity contribution in [2.45, 2.75) is 76.3 Å². The molecule has 0 radical (unpaired) electrons. The molecule has 3 aliphatic rings. The van der Waals surface area contributed by atoms with Crippen LogP contribution >= 0.6 is 35.7 Å². The number of thiocarbonyl (C=S) groups is 1. The number of hydrogen-bond acceptors (Lipinski definition) is 9. The molecule has 3 aliphatic heterocycles. The lowest BCUT2D eigenvalue weighted by Crippen LogP contribution is -3.00. The number of carboxylic acids is 1. The third-order valence-corrected chi connectivity index (χ3v) is 11.5. The fourth-order valence-corrected chi connectivity index (χ4v) is 8.39. The van der Waals surface area contributed by atoms with Crippen molar-refractivity contribution >= 4 is 68.7 Å². The van der Waals surface area contributed by atoms with Gasteiger partial charge in [-0.15, -0.1) is 0 Å². The summed E-state index contributed by atoms with van der Waals surface area (Å²) in [6.07, 6.45) is 9.00. The van der Waals surface area contributed by atoms with Crippen LogP contribution in [0.2, 0.25) is 0 Å². The Bertz CT molecular complexity index is 1640. The van der Waals surface area contributed by atoms with Gasteiger partial charge in [0.2, 0.25) is 10.1 Å². The predicted octanol–water partition coefficient (Wildman–Crippen LogP) is 2.32. The lowest BCUT2D eigenvalue weighted by Gasteiger charge is -2.27. The summed E-state index contributed by atoms with van der Waals surface area (Å²) in [6.45, 7) is 2.10. The molecule has 13 heteroatoms. The van der Waals surface area contributed by atoms with E-state index in [-0.39, 0.29) is 48.0 Å². The van der Waals surface area contributed by atoms with Gasteiger partial charge in [0.25, 0.3) is 12.1 Å². The number of halogens is 1. The lowest BCUT2D eigenvalue weighted by molar-refractivity contribution is -0.560. The summed E-state index contributed by atoms with van der Waals surface area (Å²) in [6, 6.07) is 29.4. The minimum absolute atomic E-state index is 0. The van der Waals surface area contributed by atoms with Gasteiger partial charge in [-0.25, -0.2) is 18.7 Å². The number of carbonyl (C=O) groups is 3. The third-order valence-electron chi connectivity index (χ3n) is 9.26. The zero-order chi connectivity index (χ0) is 37.5. The number of carboxylic acid groups (broad SMARTS) is 1. The lowest BCUT2D eigenvalue weighted by atomic mass is 10.2. The highest BCUT2D eigenvalue weighted by atomic mass is 127. The van der Waals surface area contributed by atoms with Gasteiger partial charge >= 0.3 is 11.9 Å². The maximum absolute atomic E-state index is 11.8. The normalized spacial score (nSPS) is 19.1. The largest absolute Gasteiger partial charge is 1.00 e. The van der Waals surface area contributed by atoms with Crippen molar-refractivity contribution in [1.29, 1.82) is 0 Å². The number of hydrogen-bond donors (Lipinski definition) is 0. The minimum atomic E-state index is -1.03. The van der Waals surface area contributed by atoms with Gasteiger partial charge in [-0.05, 0) is 24.5 Å². The molecule has 0 saturated carbocycles. The van der Waals surface area contributed by atoms with Crippen LogP contribution in [0.25, 0.3) is 0 Å². The first kappa shape index (κ1) is 44.1. The van der Waals surface area contributed by atoms with Crippen LogP contribution in [0.5, 0.6) is 0 Å². The summed E-state index contributed by atoms with van der Waals surface area (Å²) in [4.78, 5) is 37.0. The molecule has 3 aromatic rings. The average Bonchev–Trinajstić information content (AvgIpc) is 3.89. The molecule has 3 atom stereocenters. The number of aliphatic carboxylic acids is 1. The second-order valence-corrected chi connectivity index (χ2v) is 14.7. The highest BCUT2D eigenvalue weighted by Gasteiger charge is 2.40. The van der Waals surface area contributed by atoms with Crippen molar-refractivity contribution in [2.75, 3.05) is 26.7 Å². The van der Waals surface area contributed by atoms with Gasteiger partial charge in [0.1, 0.15) is 0 Å². The smallest absolute Gasteiger partial charge is 0.375 e. The van der Waals surface area contributed by atoms with Crippen LogP contribution in [-0.2, 0) is 43.5 Å². The number of methoxy groups -OCH3 is 2. The molecule has 284 valence electrons. The van der Waals surface area contributed by atoms with E-state index in [1.807, 2.05) is 66.7 Å². The van der Waals surface area contributed by atoms with Crippen LogP contribution < -0.4 is 29.1 Å². The summed E-state index contributed by atoms with van der Waals surface area (Å²) >= 11 is 8.62. The molecule has 9 nitrogen and oxygen atoms in total. The van der Waals surface area contributed by atoms with Gasteiger partial charge < -0.3 is 48.3 Å². The zero-order valence-electron chi connectivity index (χ0n) is 30.7. The summed E-state index contributed by atoms with van der Waals surface area (Å²) < 4.78 is 14.1. The van der Waals surface area contributed by atoms with E-state index in [1.165, 1.54) is 35.4 Å². The molecule has 53 heavy (non-hydrogen) atoms. The van der Waals surface area contributed by atoms with Crippen LogP contribution in [0.1, 0.15) is 55.2 Å². The first-order chi connectivity index (χ1) is 25.2. The topological polar surface area (TPSA) is 102 Å². The Balaban J connectivity index is 0.000000212. The number of esters is 2. The van der Waals surface area contributed by atoms with Crippen molar-refractivity contribution in [2.24, 2.45) is 0 Å². The van der Waals surface area contributed by atoms with E-state index in [9.17, 15) is 19.5 Å². The Morgan fingerprint density at radius 1 is 0.698 bits per heavy atom. The van der Waals surface area contributed by atoms with Crippen molar-refractivity contribution in [1.82, 2.24) is 4.90 Å². The average molecular weight is 890 g/mol. The summed E-state index contributed by atoms with van der Waals surface area (Å²) in [7, 11) is 2.92. The minimum Gasteiger partial charge on any atom is -1.00 e. The monoisotopic (exact) mass is 889 g/mol. The van der Waals surface area contributed by atoms with Gasteiger partial charge in [-0.2, -0.15) is 0 Å². The highest BCUT2D eigenvalue weighted by Crippen LogP contribution is 2.24. The van der Waals surface area contributed by atoms with Crippen LogP contribution in [-0.4, -0.2) is 91.9 Å². The van der Waals surface area contributed by atoms with E-state index in [1.54, 1.807) is 28.4 Å². The van der Waals surface area contributed by atoms with Gasteiger partial charge in [0.05, 0.1) is 31.2 Å². The van der Waals surface area contributed by atoms with Crippen molar-refractivity contribution < 1.29 is 62.1 Å². The molecule has 0 aliphatic carbocycles. The number of benzene rings is 3. The van der Waals surface area contributed by atoms with E-state index in [4.69, 9.17) is 21.7 Å². The Morgan fingerprint density at radius 2 is 1.09 bits per heavy atom. The van der Waals surface area contributed by atoms with E-state index >= 15 is 0 Å². The molecular formula is C40H48IN3O6S3. The summed E-state index contributed by atoms with van der Waals surface area (Å²) in [5.74, 6) is -1.29. The molecule has 1 saturated heterocycles. The number of nitrogens with zero attached hydrogens (tertiary/aromatic N) is 3. The first-order valence-electron chi connectivity index (χ1n) is 17.3. The fraction of sp³-hybridized carbons (Fsp3) is 0.400. The Hall–Kier alpha value is -3.27. The Morgan fingerprint density at radius 3 is 1.45 bits per heavy atom. The molecule has 6 rings (SSSR count). The van der Waals surface area contributed by atoms with Crippen molar-refractivity contribution in [3.05, 3.63) is 108 Å². The van der Waals surface area contributed by atoms with Gasteiger partial charge in [-0.1, -0.05) is 127 Å². The summed E-state index contributed by atoms with van der Waals surface area (Å²) in [5.41, 5.74) is 3.51. The first-order valence-corrected chi connectivity index (χ1v) is 20.2. The molecule has 1 fully saturated rings. The SMILES string of the molecule is COC(=O)C1CCC(SC)=[N+]1Cc1ccccc1.COC(=O)C1CCC(SC)=[N+]1Cc1ccccc1.O=C([O-])C1CCC(=S)N1Cc1ccccc1.[I-]. The molecule has 0 bridgehead atoms. The van der Waals surface area contributed by atoms with Gasteiger partial charge in [0.15, 0.2) is 13.1 Å². The molecule has 3 heterocycles. The fourth-order valence-electron chi connectivity index (χ4n) is 6.58. The standard InChI is InChI=1S/2C14H18NO2S.C12H13NO2S.HI/c2*1-17-14(16)12-8-9-13(18-2)15(12)10-11-6-4-3-5-7-11;14-12(15)10-6-7-11(16)13(10)8-9-4-2-1-3-5-9;/h2*3-7,12H,8-10H2,1-2H3;1-5,10H,6-8H2,(H,14,15);1H/q2*+1;;/p-2. The van der Waals surface area contributed by atoms with E-state index in [2.05, 4.69) is 45.9 Å². The maximum Gasteiger partial charge on any atom is 0.375 e. The van der Waals surface area contributed by atoms with Crippen LogP contribution in [0, 0.1) is 0 Å². The molecule has 0 amide bonds. The van der Waals surface area contributed by atoms with E-state index in [0.717, 1.165) is 49.3 Å². The molecule has 0 N–H and O–H groups in total. The summed E-state index contributed by atoms with van der Waals surface area (Å²) in [5, 5.41) is 13.5. The van der Waals surface area contributed by atoms with E-state index < -0.39 is 12.0 Å². The molecule has 0 aromatic heterocycles. The van der Waals surface area contributed by atoms with Crippen molar-refractivity contribution in [3.63, 3.8) is 0 Å². The molecule has 0 spiro atoms. The Kier molecular flexibility index (Phi) is 19.0. The van der Waals surface area contributed by atoms with Crippen LogP contribution in [0.4, 0.5) is 0 Å². The predicted molar refractivity (Wildman–Crippen MR) is 211 cm³/mol. The zero-order valence-corrected chi connectivity index (χ0v) is 35.3. The number of rotatable bonds is 9. The number of thioether (sulfide) groups is 2. The second-order valence-electron chi connectivity index (χ2n) is 12.5. The van der Waals surface area contributed by atoms with Crippen LogP contribution in [0.15, 0.2) is 91.0 Å². The third kappa shape index (κ3) is 12.6. The highest BCUT2D eigenvalue weighted by molar-refractivity contribution is 8.13. The number of carbonyl (C=O) groups excluding carboxylic acids is 3. The van der Waals surface area contributed by atoms with Crippen LogP contribution in [0.3, 0.4) is 0 Å². The molecular weight excluding hydrogens is 842 g/mol. The Labute approximate surface area is 344 Å². The molecule has 3 aromatic carbocycles. The number of ether oxygens (including phenoxy) is 2. The second kappa shape index (κ2) is 22.8. The maximum atomic E-state index is 11.8. The van der Waals surface area contributed by atoms with Gasteiger partial charge in [0, 0.05) is 49.8 Å². The van der Waals surface area contributed by atoms with Crippen molar-refractivity contribution in [3.8, 4) is 0 Å². The van der Waals surface area contributed by atoms with E-state index in [0.29, 0.717) is 19.4 Å². The van der Waals surface area contributed by atoms with Gasteiger partial charge in [-0.3, -0.25) is 0 Å². The quantitative estimate of drug-likeness (QED) is 0.138. The number of likely N-dealkylation sites (tertiary alicyclic amines) is 1. The molecule has 3 unspecified atom stereocenters.